The predicted octanol–water partition coefficient (Wildman–Crippen LogP) is 1.73. The Morgan fingerprint density at radius 3 is 2.56 bits per heavy atom. The fourth-order valence-corrected chi connectivity index (χ4v) is 4.68. The second-order valence-corrected chi connectivity index (χ2v) is 9.55. The molecule has 0 bridgehead atoms. The third-order valence-corrected chi connectivity index (χ3v) is 6.90. The van der Waals surface area contributed by atoms with Crippen molar-refractivity contribution in [2.75, 3.05) is 0 Å². The molecule has 2 aromatic heterocycles. The summed E-state index contributed by atoms with van der Waals surface area (Å²) in [5.41, 5.74) is -0.0700. The van der Waals surface area contributed by atoms with Crippen molar-refractivity contribution in [1.82, 2.24) is 29.4 Å². The molecule has 34 heavy (non-hydrogen) atoms. The molecule has 2 aliphatic rings. The summed E-state index contributed by atoms with van der Waals surface area (Å²) < 4.78 is 4.02. The van der Waals surface area contributed by atoms with E-state index >= 15 is 0 Å². The molecule has 5 rings (SSSR count). The maximum atomic E-state index is 13.4. The maximum Gasteiger partial charge on any atom is 0.352 e. The molecule has 1 unspecified atom stereocenters. The maximum absolute atomic E-state index is 13.4. The zero-order valence-corrected chi connectivity index (χ0v) is 19.5. The number of aromatic nitrogens is 4. The summed E-state index contributed by atoms with van der Waals surface area (Å²) in [6.07, 6.45) is 6.51. The van der Waals surface area contributed by atoms with Gasteiger partial charge in [0.05, 0.1) is 10.9 Å². The Morgan fingerprint density at radius 1 is 1.15 bits per heavy atom. The Kier molecular flexibility index (Phi) is 5.75. The molecule has 10 nitrogen and oxygen atoms in total. The highest BCUT2D eigenvalue weighted by molar-refractivity contribution is 5.98. The van der Waals surface area contributed by atoms with Crippen LogP contribution in [-0.4, -0.2) is 42.6 Å². The highest BCUT2D eigenvalue weighted by atomic mass is 16.2. The van der Waals surface area contributed by atoms with Crippen LogP contribution in [0.25, 0.3) is 16.7 Å². The van der Waals surface area contributed by atoms with Crippen molar-refractivity contribution in [2.45, 2.75) is 83.5 Å². The first kappa shape index (κ1) is 22.4. The van der Waals surface area contributed by atoms with E-state index in [-0.39, 0.29) is 47.8 Å². The van der Waals surface area contributed by atoms with Crippen LogP contribution < -0.4 is 21.9 Å². The average Bonchev–Trinajstić information content (AvgIpc) is 3.43. The first-order valence-electron chi connectivity index (χ1n) is 12.2. The Morgan fingerprint density at radius 2 is 1.88 bits per heavy atom. The first-order chi connectivity index (χ1) is 16.4. The molecule has 1 atom stereocenters. The summed E-state index contributed by atoms with van der Waals surface area (Å²) in [6.45, 7) is 3.67. The van der Waals surface area contributed by atoms with Crippen LogP contribution in [-0.2, 0) is 11.3 Å². The number of carbonyl (C=O) groups excluding carboxylic acids is 2. The van der Waals surface area contributed by atoms with Gasteiger partial charge < -0.3 is 10.6 Å². The highest BCUT2D eigenvalue weighted by Crippen LogP contribution is 2.35. The van der Waals surface area contributed by atoms with Crippen LogP contribution in [0, 0.1) is 0 Å². The molecule has 0 aliphatic heterocycles. The lowest BCUT2D eigenvalue weighted by Gasteiger charge is -2.13. The van der Waals surface area contributed by atoms with Crippen molar-refractivity contribution in [3.05, 3.63) is 44.6 Å². The Hall–Kier alpha value is -3.43. The van der Waals surface area contributed by atoms with Gasteiger partial charge in [0.25, 0.3) is 11.5 Å². The van der Waals surface area contributed by atoms with Gasteiger partial charge in [0, 0.05) is 23.7 Å². The molecule has 0 radical (unpaired) electrons. The van der Waals surface area contributed by atoms with Crippen LogP contribution in [0.4, 0.5) is 0 Å². The minimum atomic E-state index is -0.504. The summed E-state index contributed by atoms with van der Waals surface area (Å²) in [5, 5.41) is 10.6. The molecular weight excluding hydrogens is 436 g/mol. The van der Waals surface area contributed by atoms with Crippen molar-refractivity contribution in [1.29, 1.82) is 0 Å². The monoisotopic (exact) mass is 466 g/mol. The van der Waals surface area contributed by atoms with Gasteiger partial charge in [-0.15, -0.1) is 5.10 Å². The zero-order valence-electron chi connectivity index (χ0n) is 19.5. The van der Waals surface area contributed by atoms with Gasteiger partial charge in [0.2, 0.25) is 11.7 Å². The van der Waals surface area contributed by atoms with Crippen LogP contribution >= 0.6 is 0 Å². The number of hydrogen-bond donors (Lipinski definition) is 2. The topological polar surface area (TPSA) is 120 Å². The van der Waals surface area contributed by atoms with Gasteiger partial charge in [-0.05, 0) is 57.2 Å². The second kappa shape index (κ2) is 8.73. The van der Waals surface area contributed by atoms with Crippen LogP contribution in [0.1, 0.15) is 75.2 Å². The number of carbonyl (C=O) groups is 2. The number of fused-ring (bicyclic) bond motifs is 3. The van der Waals surface area contributed by atoms with Crippen molar-refractivity contribution < 1.29 is 9.59 Å². The minimum Gasteiger partial charge on any atom is -0.352 e. The normalized spacial score (nSPS) is 17.4. The molecule has 180 valence electrons. The van der Waals surface area contributed by atoms with Gasteiger partial charge in [-0.1, -0.05) is 19.8 Å². The van der Waals surface area contributed by atoms with Gasteiger partial charge >= 0.3 is 5.69 Å². The Bertz CT molecular complexity index is 1390. The average molecular weight is 467 g/mol. The molecule has 0 spiro atoms. The molecule has 2 aliphatic carbocycles. The van der Waals surface area contributed by atoms with Gasteiger partial charge in [-0.3, -0.25) is 19.0 Å². The fraction of sp³-hybridized carbons (Fsp3) is 0.542. The zero-order chi connectivity index (χ0) is 24.0. The molecule has 10 heteroatoms. The largest absolute Gasteiger partial charge is 0.352 e. The van der Waals surface area contributed by atoms with E-state index in [4.69, 9.17) is 0 Å². The summed E-state index contributed by atoms with van der Waals surface area (Å²) >= 11 is 0. The highest BCUT2D eigenvalue weighted by Gasteiger charge is 2.30. The number of hydrogen-bond acceptors (Lipinski definition) is 5. The van der Waals surface area contributed by atoms with Crippen LogP contribution in [0.2, 0.25) is 0 Å². The number of amides is 2. The molecule has 2 amide bonds. The first-order valence-corrected chi connectivity index (χ1v) is 12.2. The summed E-state index contributed by atoms with van der Waals surface area (Å²) in [7, 11) is 0. The Labute approximate surface area is 195 Å². The van der Waals surface area contributed by atoms with Crippen molar-refractivity contribution in [3.63, 3.8) is 0 Å². The van der Waals surface area contributed by atoms with Gasteiger partial charge in [-0.2, -0.15) is 0 Å². The lowest BCUT2D eigenvalue weighted by atomic mass is 10.1. The molecule has 0 saturated heterocycles. The third-order valence-electron chi connectivity index (χ3n) is 6.90. The van der Waals surface area contributed by atoms with Gasteiger partial charge in [0.15, 0.2) is 0 Å². The van der Waals surface area contributed by atoms with E-state index in [2.05, 4.69) is 15.7 Å². The van der Waals surface area contributed by atoms with Crippen molar-refractivity contribution >= 4 is 28.5 Å². The molecule has 2 N–H and O–H groups in total. The van der Waals surface area contributed by atoms with Crippen molar-refractivity contribution in [3.8, 4) is 0 Å². The molecule has 2 fully saturated rings. The molecular formula is C24H30N6O4. The summed E-state index contributed by atoms with van der Waals surface area (Å²) in [5.74, 6) is -0.332. The molecule has 3 aromatic rings. The van der Waals surface area contributed by atoms with Crippen LogP contribution in [0.3, 0.4) is 0 Å². The summed E-state index contributed by atoms with van der Waals surface area (Å²) in [4.78, 5) is 52.0. The van der Waals surface area contributed by atoms with E-state index < -0.39 is 5.69 Å². The van der Waals surface area contributed by atoms with E-state index in [1.165, 1.54) is 4.40 Å². The van der Waals surface area contributed by atoms with Crippen molar-refractivity contribution in [2.24, 2.45) is 0 Å². The number of nitrogens with zero attached hydrogens (tertiary/aromatic N) is 4. The van der Waals surface area contributed by atoms with E-state index in [1.54, 1.807) is 22.8 Å². The third kappa shape index (κ3) is 4.01. The smallest absolute Gasteiger partial charge is 0.352 e. The lowest BCUT2D eigenvalue weighted by molar-refractivity contribution is -0.122. The fourth-order valence-electron chi connectivity index (χ4n) is 4.68. The Balaban J connectivity index is 1.61. The van der Waals surface area contributed by atoms with Crippen LogP contribution in [0.15, 0.2) is 27.8 Å². The van der Waals surface area contributed by atoms with Crippen LogP contribution in [0.5, 0.6) is 0 Å². The SMILES string of the molecule is CCC(C)NC(=O)c1ccc2c(=O)n(C3CC3)c3nn(CC(=O)NC4CCCC4)c(=O)n3c2c1. The molecule has 2 saturated carbocycles. The van der Waals surface area contributed by atoms with Gasteiger partial charge in [-0.25, -0.2) is 13.9 Å². The van der Waals surface area contributed by atoms with E-state index in [0.29, 0.717) is 16.5 Å². The molecule has 1 aromatic carbocycles. The quantitative estimate of drug-likeness (QED) is 0.550. The second-order valence-electron chi connectivity index (χ2n) is 9.55. The standard InChI is InChI=1S/C24H30N6O4/c1-3-14(2)25-21(32)15-8-11-18-19(12-15)30-23(29(22(18)33)17-9-10-17)27-28(24(30)34)13-20(31)26-16-6-4-5-7-16/h8,11-12,14,16-17H,3-7,9-10,13H2,1-2H3,(H,25,32)(H,26,31). The summed E-state index contributed by atoms with van der Waals surface area (Å²) in [6, 6.07) is 4.88. The predicted molar refractivity (Wildman–Crippen MR) is 127 cm³/mol. The number of benzene rings is 1. The lowest BCUT2D eigenvalue weighted by Crippen LogP contribution is -2.37. The molecule has 2 heterocycles. The van der Waals surface area contributed by atoms with Gasteiger partial charge in [0.1, 0.15) is 6.54 Å². The van der Waals surface area contributed by atoms with E-state index in [1.807, 2.05) is 13.8 Å². The number of rotatable bonds is 7. The van der Waals surface area contributed by atoms with E-state index in [9.17, 15) is 19.2 Å². The number of nitrogens with one attached hydrogen (secondary N) is 2. The minimum absolute atomic E-state index is 0.00469. The van der Waals surface area contributed by atoms with E-state index in [0.717, 1.165) is 49.6 Å².